The molecule has 1 unspecified atom stereocenters. The molecule has 0 spiro atoms. The van der Waals surface area contributed by atoms with Crippen LogP contribution in [0.25, 0.3) is 11.3 Å². The summed E-state index contributed by atoms with van der Waals surface area (Å²) >= 11 is 0. The molecule has 2 N–H and O–H groups in total. The highest BCUT2D eigenvalue weighted by molar-refractivity contribution is 5.81. The molecule has 0 aliphatic heterocycles. The lowest BCUT2D eigenvalue weighted by Crippen LogP contribution is -2.28. The zero-order chi connectivity index (χ0) is 16.1. The number of oxazole rings is 1. The van der Waals surface area contributed by atoms with Gasteiger partial charge in [0, 0.05) is 5.56 Å². The number of carbonyl (C=O) groups is 1. The summed E-state index contributed by atoms with van der Waals surface area (Å²) in [5, 5.41) is 12.6. The van der Waals surface area contributed by atoms with E-state index in [0.29, 0.717) is 17.2 Å². The van der Waals surface area contributed by atoms with Crippen LogP contribution in [0.15, 0.2) is 71.3 Å². The molecule has 0 fully saturated rings. The first kappa shape index (κ1) is 15.0. The smallest absolute Gasteiger partial charge is 0.253 e. The maximum atomic E-state index is 12.0. The first-order valence-electron chi connectivity index (χ1n) is 7.25. The minimum Gasteiger partial charge on any atom is -0.439 e. The van der Waals surface area contributed by atoms with E-state index < -0.39 is 12.0 Å². The molecule has 0 aliphatic rings. The van der Waals surface area contributed by atoms with Crippen molar-refractivity contribution < 1.29 is 14.3 Å². The molecule has 0 bridgehead atoms. The molecular weight excluding hydrogens is 292 g/mol. The third kappa shape index (κ3) is 3.64. The summed E-state index contributed by atoms with van der Waals surface area (Å²) < 4.78 is 5.60. The Hall–Kier alpha value is -2.92. The minimum atomic E-state index is -1.21. The molecule has 0 aliphatic carbocycles. The summed E-state index contributed by atoms with van der Waals surface area (Å²) in [6.45, 7) is 0.121. The summed E-state index contributed by atoms with van der Waals surface area (Å²) in [5.41, 5.74) is 1.46. The van der Waals surface area contributed by atoms with Gasteiger partial charge < -0.3 is 14.8 Å². The third-order valence-corrected chi connectivity index (χ3v) is 3.39. The lowest BCUT2D eigenvalue weighted by Gasteiger charge is -2.10. The molecule has 1 atom stereocenters. The molecule has 0 radical (unpaired) electrons. The summed E-state index contributed by atoms with van der Waals surface area (Å²) in [6, 6.07) is 18.3. The number of aliphatic hydroxyl groups excluding tert-OH is 1. The first-order chi connectivity index (χ1) is 11.2. The number of aromatic nitrogens is 1. The number of amides is 1. The Morgan fingerprint density at radius 1 is 1.09 bits per heavy atom. The summed E-state index contributed by atoms with van der Waals surface area (Å²) in [4.78, 5) is 16.1. The van der Waals surface area contributed by atoms with Crippen molar-refractivity contribution in [3.05, 3.63) is 78.3 Å². The second-order valence-electron chi connectivity index (χ2n) is 5.02. The van der Waals surface area contributed by atoms with Gasteiger partial charge in [-0.2, -0.15) is 0 Å². The summed E-state index contributed by atoms with van der Waals surface area (Å²) in [5.74, 6) is 0.534. The van der Waals surface area contributed by atoms with Crippen molar-refractivity contribution in [3.8, 4) is 11.3 Å². The van der Waals surface area contributed by atoms with Gasteiger partial charge in [-0.25, -0.2) is 4.98 Å². The molecular formula is C18H16N2O3. The molecule has 3 rings (SSSR count). The molecule has 23 heavy (non-hydrogen) atoms. The quantitative estimate of drug-likeness (QED) is 0.760. The standard InChI is InChI=1S/C18H16N2O3/c21-17(14-9-5-2-6-10-14)18(22)20-12-16-19-11-15(23-16)13-7-3-1-4-8-13/h1-11,17,21H,12H2,(H,20,22). The summed E-state index contributed by atoms with van der Waals surface area (Å²) in [7, 11) is 0. The zero-order valence-corrected chi connectivity index (χ0v) is 12.3. The lowest BCUT2D eigenvalue weighted by molar-refractivity contribution is -0.129. The van der Waals surface area contributed by atoms with Crippen LogP contribution in [0, 0.1) is 0 Å². The van der Waals surface area contributed by atoms with Crippen LogP contribution in [0.1, 0.15) is 17.6 Å². The molecule has 116 valence electrons. The Balaban J connectivity index is 1.61. The van der Waals surface area contributed by atoms with Crippen LogP contribution >= 0.6 is 0 Å². The Morgan fingerprint density at radius 3 is 2.43 bits per heavy atom. The van der Waals surface area contributed by atoms with Gasteiger partial charge >= 0.3 is 0 Å². The van der Waals surface area contributed by atoms with E-state index in [2.05, 4.69) is 10.3 Å². The predicted molar refractivity (Wildman–Crippen MR) is 85.2 cm³/mol. The van der Waals surface area contributed by atoms with E-state index >= 15 is 0 Å². The van der Waals surface area contributed by atoms with Crippen LogP contribution in [-0.2, 0) is 11.3 Å². The van der Waals surface area contributed by atoms with Crippen molar-refractivity contribution in [1.29, 1.82) is 0 Å². The van der Waals surface area contributed by atoms with E-state index in [1.807, 2.05) is 36.4 Å². The van der Waals surface area contributed by atoms with Crippen LogP contribution in [0.2, 0.25) is 0 Å². The fourth-order valence-corrected chi connectivity index (χ4v) is 2.17. The highest BCUT2D eigenvalue weighted by Gasteiger charge is 2.17. The molecule has 3 aromatic rings. The van der Waals surface area contributed by atoms with Crippen LogP contribution in [-0.4, -0.2) is 16.0 Å². The van der Waals surface area contributed by atoms with E-state index in [0.717, 1.165) is 5.56 Å². The highest BCUT2D eigenvalue weighted by atomic mass is 16.4. The molecule has 5 heteroatoms. The lowest BCUT2D eigenvalue weighted by atomic mass is 10.1. The first-order valence-corrected chi connectivity index (χ1v) is 7.25. The maximum Gasteiger partial charge on any atom is 0.253 e. The monoisotopic (exact) mass is 308 g/mol. The molecule has 1 amide bonds. The largest absolute Gasteiger partial charge is 0.439 e. The number of carbonyl (C=O) groups excluding carboxylic acids is 1. The molecule has 5 nitrogen and oxygen atoms in total. The van der Waals surface area contributed by atoms with E-state index in [1.54, 1.807) is 30.5 Å². The Kier molecular flexibility index (Phi) is 4.49. The fraction of sp³-hybridized carbons (Fsp3) is 0.111. The molecule has 1 aromatic heterocycles. The predicted octanol–water partition coefficient (Wildman–Crippen LogP) is 2.69. The van der Waals surface area contributed by atoms with Crippen LogP contribution < -0.4 is 5.32 Å². The third-order valence-electron chi connectivity index (χ3n) is 3.39. The number of benzene rings is 2. The van der Waals surface area contributed by atoms with Crippen LogP contribution in [0.3, 0.4) is 0 Å². The van der Waals surface area contributed by atoms with Crippen molar-refractivity contribution in [2.45, 2.75) is 12.6 Å². The van der Waals surface area contributed by atoms with Crippen molar-refractivity contribution in [1.82, 2.24) is 10.3 Å². The van der Waals surface area contributed by atoms with Gasteiger partial charge in [0.25, 0.3) is 5.91 Å². The zero-order valence-electron chi connectivity index (χ0n) is 12.3. The normalized spacial score (nSPS) is 11.9. The van der Waals surface area contributed by atoms with Crippen LogP contribution in [0.4, 0.5) is 0 Å². The average Bonchev–Trinajstić information content (AvgIpc) is 3.09. The maximum absolute atomic E-state index is 12.0. The van der Waals surface area contributed by atoms with Gasteiger partial charge in [-0.05, 0) is 5.56 Å². The Bertz CT molecular complexity index is 769. The average molecular weight is 308 g/mol. The molecule has 2 aromatic carbocycles. The van der Waals surface area contributed by atoms with Crippen molar-refractivity contribution in [3.63, 3.8) is 0 Å². The number of nitrogens with one attached hydrogen (secondary N) is 1. The fourth-order valence-electron chi connectivity index (χ4n) is 2.17. The van der Waals surface area contributed by atoms with E-state index in [-0.39, 0.29) is 6.54 Å². The summed E-state index contributed by atoms with van der Waals surface area (Å²) in [6.07, 6.45) is 0.407. The second-order valence-corrected chi connectivity index (χ2v) is 5.02. The SMILES string of the molecule is O=C(NCc1ncc(-c2ccccc2)o1)C(O)c1ccccc1. The number of aliphatic hydroxyl groups is 1. The topological polar surface area (TPSA) is 75.4 Å². The van der Waals surface area contributed by atoms with Gasteiger partial charge in [0.2, 0.25) is 5.89 Å². The Labute approximate surface area is 133 Å². The molecule has 1 heterocycles. The van der Waals surface area contributed by atoms with Gasteiger partial charge in [-0.1, -0.05) is 60.7 Å². The van der Waals surface area contributed by atoms with Crippen molar-refractivity contribution in [2.75, 3.05) is 0 Å². The number of nitrogens with zero attached hydrogens (tertiary/aromatic N) is 1. The van der Waals surface area contributed by atoms with Crippen molar-refractivity contribution in [2.24, 2.45) is 0 Å². The van der Waals surface area contributed by atoms with Crippen LogP contribution in [0.5, 0.6) is 0 Å². The number of hydrogen-bond acceptors (Lipinski definition) is 4. The van der Waals surface area contributed by atoms with E-state index in [1.165, 1.54) is 0 Å². The number of rotatable bonds is 5. The van der Waals surface area contributed by atoms with E-state index in [4.69, 9.17) is 4.42 Å². The molecule has 0 saturated heterocycles. The van der Waals surface area contributed by atoms with Gasteiger partial charge in [-0.3, -0.25) is 4.79 Å². The molecule has 0 saturated carbocycles. The second kappa shape index (κ2) is 6.89. The van der Waals surface area contributed by atoms with Crippen molar-refractivity contribution >= 4 is 5.91 Å². The van der Waals surface area contributed by atoms with Gasteiger partial charge in [0.15, 0.2) is 11.9 Å². The Morgan fingerprint density at radius 2 is 1.74 bits per heavy atom. The number of hydrogen-bond donors (Lipinski definition) is 2. The highest BCUT2D eigenvalue weighted by Crippen LogP contribution is 2.19. The van der Waals surface area contributed by atoms with Gasteiger partial charge in [-0.15, -0.1) is 0 Å². The van der Waals surface area contributed by atoms with E-state index in [9.17, 15) is 9.90 Å². The van der Waals surface area contributed by atoms with Gasteiger partial charge in [0.1, 0.15) is 0 Å². The van der Waals surface area contributed by atoms with Gasteiger partial charge in [0.05, 0.1) is 12.7 Å². The minimum absolute atomic E-state index is 0.121.